The molecule has 2 heterocycles. The second kappa shape index (κ2) is 4.30. The van der Waals surface area contributed by atoms with Crippen molar-refractivity contribution in [3.8, 4) is 0 Å². The average molecular weight is 275 g/mol. The highest BCUT2D eigenvalue weighted by Gasteiger charge is 2.20. The van der Waals surface area contributed by atoms with Gasteiger partial charge in [0.1, 0.15) is 4.90 Å². The molecular weight excluding hydrogens is 268 g/mol. The first-order valence-corrected chi connectivity index (χ1v) is 6.28. The molecule has 9 heteroatoms. The van der Waals surface area contributed by atoms with Crippen molar-refractivity contribution < 1.29 is 12.9 Å². The van der Waals surface area contributed by atoms with Gasteiger partial charge in [-0.2, -0.15) is 4.98 Å². The molecule has 0 saturated heterocycles. The first-order chi connectivity index (χ1) is 7.99. The van der Waals surface area contributed by atoms with E-state index in [2.05, 4.69) is 24.4 Å². The maximum absolute atomic E-state index is 11.9. The molecule has 0 aliphatic rings. The van der Waals surface area contributed by atoms with Gasteiger partial charge in [-0.25, -0.2) is 13.1 Å². The predicted molar refractivity (Wildman–Crippen MR) is 59.1 cm³/mol. The number of hydrogen-bond donors (Lipinski definition) is 1. The van der Waals surface area contributed by atoms with Gasteiger partial charge >= 0.3 is 6.01 Å². The first kappa shape index (κ1) is 11.8. The lowest BCUT2D eigenvalue weighted by Crippen LogP contribution is -2.14. The van der Waals surface area contributed by atoms with Gasteiger partial charge in [0.25, 0.3) is 10.0 Å². The molecule has 90 valence electrons. The van der Waals surface area contributed by atoms with Crippen LogP contribution >= 0.6 is 11.6 Å². The number of hydrogen-bond acceptors (Lipinski definition) is 6. The molecule has 0 unspecified atom stereocenters. The van der Waals surface area contributed by atoms with E-state index in [9.17, 15) is 8.42 Å². The molecule has 1 N–H and O–H groups in total. The van der Waals surface area contributed by atoms with Crippen molar-refractivity contribution in [2.75, 3.05) is 4.72 Å². The number of halogens is 1. The van der Waals surface area contributed by atoms with E-state index in [-0.39, 0.29) is 15.9 Å². The summed E-state index contributed by atoms with van der Waals surface area (Å²) in [4.78, 5) is 7.25. The molecule has 2 aromatic heterocycles. The Hall–Kier alpha value is -1.67. The van der Waals surface area contributed by atoms with Crippen molar-refractivity contribution in [2.24, 2.45) is 0 Å². The van der Waals surface area contributed by atoms with Crippen LogP contribution in [0.4, 0.5) is 6.01 Å². The molecule has 0 aliphatic heterocycles. The monoisotopic (exact) mass is 274 g/mol. The van der Waals surface area contributed by atoms with Gasteiger partial charge in [-0.05, 0) is 13.0 Å². The second-order valence-corrected chi connectivity index (χ2v) is 5.12. The minimum Gasteiger partial charge on any atom is -0.314 e. The number of aryl methyl sites for hydroxylation is 1. The summed E-state index contributed by atoms with van der Waals surface area (Å²) in [5.74, 6) is 0.319. The number of anilines is 1. The summed E-state index contributed by atoms with van der Waals surface area (Å²) in [5, 5.41) is 3.51. The molecule has 0 radical (unpaired) electrons. The fourth-order valence-electron chi connectivity index (χ4n) is 1.07. The number of nitrogens with zero attached hydrogens (tertiary/aromatic N) is 3. The Kier molecular flexibility index (Phi) is 2.99. The van der Waals surface area contributed by atoms with Crippen molar-refractivity contribution >= 4 is 27.6 Å². The van der Waals surface area contributed by atoms with Crippen molar-refractivity contribution in [1.29, 1.82) is 0 Å². The molecule has 0 saturated carbocycles. The summed E-state index contributed by atoms with van der Waals surface area (Å²) < 4.78 is 30.5. The Balaban J connectivity index is 2.35. The van der Waals surface area contributed by atoms with Crippen molar-refractivity contribution in [3.63, 3.8) is 0 Å². The van der Waals surface area contributed by atoms with Gasteiger partial charge in [0.15, 0.2) is 5.82 Å². The molecule has 2 rings (SSSR count). The van der Waals surface area contributed by atoms with E-state index in [1.807, 2.05) is 0 Å². The largest absolute Gasteiger partial charge is 0.335 e. The van der Waals surface area contributed by atoms with Crippen molar-refractivity contribution in [2.45, 2.75) is 11.8 Å². The van der Waals surface area contributed by atoms with Gasteiger partial charge < -0.3 is 4.52 Å². The number of pyridine rings is 1. The number of rotatable bonds is 3. The average Bonchev–Trinajstić information content (AvgIpc) is 2.63. The normalized spacial score (nSPS) is 11.4. The van der Waals surface area contributed by atoms with Crippen molar-refractivity contribution in [3.05, 3.63) is 29.3 Å². The lowest BCUT2D eigenvalue weighted by atomic mass is 10.5. The standard InChI is InChI=1S/C8H7ClN4O3S/c1-5-11-8(16-12-5)13-17(14,15)7-4-10-3-2-6(7)9/h2-4H,1H3,(H,11,12,13). The molecular formula is C8H7ClN4O3S. The zero-order valence-corrected chi connectivity index (χ0v) is 10.2. The molecule has 0 aliphatic carbocycles. The highest BCUT2D eigenvalue weighted by Crippen LogP contribution is 2.21. The van der Waals surface area contributed by atoms with E-state index in [0.717, 1.165) is 6.20 Å². The first-order valence-electron chi connectivity index (χ1n) is 4.42. The summed E-state index contributed by atoms with van der Waals surface area (Å²) in [6.07, 6.45) is 2.52. The molecule has 0 spiro atoms. The SMILES string of the molecule is Cc1noc(NS(=O)(=O)c2cnccc2Cl)n1. The molecule has 0 fully saturated rings. The van der Waals surface area contributed by atoms with E-state index in [4.69, 9.17) is 11.6 Å². The Morgan fingerprint density at radius 1 is 1.47 bits per heavy atom. The molecule has 0 bridgehead atoms. The second-order valence-electron chi connectivity index (χ2n) is 3.06. The van der Waals surface area contributed by atoms with E-state index >= 15 is 0 Å². The van der Waals surface area contributed by atoms with Crippen LogP contribution in [0.1, 0.15) is 5.82 Å². The van der Waals surface area contributed by atoms with Crippen LogP contribution < -0.4 is 4.72 Å². The zero-order chi connectivity index (χ0) is 12.5. The Morgan fingerprint density at radius 2 is 2.24 bits per heavy atom. The van der Waals surface area contributed by atoms with Crippen LogP contribution in [0.15, 0.2) is 27.9 Å². The Morgan fingerprint density at radius 3 is 2.82 bits per heavy atom. The van der Waals surface area contributed by atoms with Gasteiger partial charge in [-0.1, -0.05) is 16.8 Å². The molecule has 17 heavy (non-hydrogen) atoms. The Labute approximate surface area is 102 Å². The van der Waals surface area contributed by atoms with E-state index in [1.165, 1.54) is 12.3 Å². The fraction of sp³-hybridized carbons (Fsp3) is 0.125. The minimum atomic E-state index is -3.87. The highest BCUT2D eigenvalue weighted by molar-refractivity contribution is 7.92. The molecule has 0 aromatic carbocycles. The number of aromatic nitrogens is 3. The third kappa shape index (κ3) is 2.53. The zero-order valence-electron chi connectivity index (χ0n) is 8.58. The van der Waals surface area contributed by atoms with Crippen LogP contribution in [0, 0.1) is 6.92 Å². The van der Waals surface area contributed by atoms with Crippen LogP contribution in [0.2, 0.25) is 5.02 Å². The lowest BCUT2D eigenvalue weighted by Gasteiger charge is -2.04. The van der Waals surface area contributed by atoms with E-state index in [0.29, 0.717) is 5.82 Å². The summed E-state index contributed by atoms with van der Waals surface area (Å²) in [6.45, 7) is 1.57. The number of sulfonamides is 1. The quantitative estimate of drug-likeness (QED) is 0.904. The molecule has 2 aromatic rings. The summed E-state index contributed by atoms with van der Waals surface area (Å²) in [7, 11) is -3.87. The summed E-state index contributed by atoms with van der Waals surface area (Å²) in [6, 6.07) is 1.15. The van der Waals surface area contributed by atoms with Crippen molar-refractivity contribution in [1.82, 2.24) is 15.1 Å². The highest BCUT2D eigenvalue weighted by atomic mass is 35.5. The van der Waals surface area contributed by atoms with Crippen LogP contribution in [-0.4, -0.2) is 23.5 Å². The maximum Gasteiger partial charge on any atom is 0.335 e. The topological polar surface area (TPSA) is 98.0 Å². The van der Waals surface area contributed by atoms with Gasteiger partial charge in [-0.15, -0.1) is 0 Å². The smallest absolute Gasteiger partial charge is 0.314 e. The van der Waals surface area contributed by atoms with E-state index < -0.39 is 10.0 Å². The number of nitrogens with one attached hydrogen (secondary N) is 1. The van der Waals surface area contributed by atoms with Gasteiger partial charge in [0.2, 0.25) is 0 Å². The van der Waals surface area contributed by atoms with Crippen LogP contribution in [-0.2, 0) is 10.0 Å². The van der Waals surface area contributed by atoms with Crippen LogP contribution in [0.25, 0.3) is 0 Å². The Bertz CT molecular complexity index is 640. The van der Waals surface area contributed by atoms with Crippen LogP contribution in [0.3, 0.4) is 0 Å². The molecule has 0 amide bonds. The summed E-state index contributed by atoms with van der Waals surface area (Å²) in [5.41, 5.74) is 0. The predicted octanol–water partition coefficient (Wildman–Crippen LogP) is 1.23. The fourth-order valence-corrected chi connectivity index (χ4v) is 2.43. The minimum absolute atomic E-state index is 0.0590. The summed E-state index contributed by atoms with van der Waals surface area (Å²) >= 11 is 5.75. The third-order valence-electron chi connectivity index (χ3n) is 1.77. The van der Waals surface area contributed by atoms with Gasteiger partial charge in [0.05, 0.1) is 5.02 Å². The van der Waals surface area contributed by atoms with Gasteiger partial charge in [0, 0.05) is 12.4 Å². The molecule has 0 atom stereocenters. The van der Waals surface area contributed by atoms with E-state index in [1.54, 1.807) is 6.92 Å². The third-order valence-corrected chi connectivity index (χ3v) is 3.56. The van der Waals surface area contributed by atoms with Gasteiger partial charge in [-0.3, -0.25) is 4.98 Å². The maximum atomic E-state index is 11.9. The lowest BCUT2D eigenvalue weighted by molar-refractivity contribution is 0.429. The molecule has 7 nitrogen and oxygen atoms in total. The van der Waals surface area contributed by atoms with Crippen LogP contribution in [0.5, 0.6) is 0 Å².